The van der Waals surface area contributed by atoms with E-state index < -0.39 is 0 Å². The summed E-state index contributed by atoms with van der Waals surface area (Å²) < 4.78 is 12.5. The topological polar surface area (TPSA) is 73.9 Å². The summed E-state index contributed by atoms with van der Waals surface area (Å²) >= 11 is 0. The van der Waals surface area contributed by atoms with Crippen LogP contribution in [0, 0.1) is 22.7 Å². The van der Waals surface area contributed by atoms with Gasteiger partial charge >= 0.3 is 0 Å². The predicted molar refractivity (Wildman–Crippen MR) is 167 cm³/mol. The van der Waals surface area contributed by atoms with Crippen LogP contribution < -0.4 is 0 Å². The quantitative estimate of drug-likeness (QED) is 0.225. The summed E-state index contributed by atoms with van der Waals surface area (Å²) in [6.45, 7) is 0. The van der Waals surface area contributed by atoms with Gasteiger partial charge in [0.1, 0.15) is 28.4 Å². The van der Waals surface area contributed by atoms with Gasteiger partial charge < -0.3 is 8.83 Å². The molecule has 6 aromatic carbocycles. The number of fused-ring (bicyclic) bond motifs is 6. The average molecular weight is 537 g/mol. The Labute approximate surface area is 240 Å². The third-order valence-electron chi connectivity index (χ3n) is 7.96. The first-order valence-electron chi connectivity index (χ1n) is 13.6. The Morgan fingerprint density at radius 2 is 1.12 bits per heavy atom. The van der Waals surface area contributed by atoms with Crippen LogP contribution in [0.25, 0.3) is 77.3 Å². The van der Waals surface area contributed by atoms with Gasteiger partial charge in [0.05, 0.1) is 17.2 Å². The van der Waals surface area contributed by atoms with Crippen molar-refractivity contribution in [3.8, 4) is 45.5 Å². The van der Waals surface area contributed by atoms with Crippen molar-refractivity contribution in [1.82, 2.24) is 0 Å². The Balaban J connectivity index is 1.45. The lowest BCUT2D eigenvalue weighted by molar-refractivity contribution is 0.669. The van der Waals surface area contributed by atoms with E-state index in [-0.39, 0.29) is 0 Å². The molecule has 42 heavy (non-hydrogen) atoms. The molecule has 194 valence electrons. The molecule has 0 fully saturated rings. The van der Waals surface area contributed by atoms with Crippen molar-refractivity contribution in [1.29, 1.82) is 10.5 Å². The summed E-state index contributed by atoms with van der Waals surface area (Å²) in [5.74, 6) is 0. The number of benzene rings is 6. The molecule has 8 aromatic rings. The molecule has 0 bridgehead atoms. The van der Waals surface area contributed by atoms with Crippen LogP contribution in [-0.2, 0) is 0 Å². The fraction of sp³-hybridized carbons (Fsp3) is 0. The molecule has 4 heteroatoms. The summed E-state index contributed by atoms with van der Waals surface area (Å²) in [7, 11) is 0. The second-order valence-electron chi connectivity index (χ2n) is 10.3. The minimum absolute atomic E-state index is 0.551. The second kappa shape index (κ2) is 9.24. The predicted octanol–water partition coefficient (Wildman–Crippen LogP) is 10.2. The van der Waals surface area contributed by atoms with E-state index in [0.717, 1.165) is 77.3 Å². The monoisotopic (exact) mass is 536 g/mol. The van der Waals surface area contributed by atoms with Gasteiger partial charge in [-0.2, -0.15) is 10.5 Å². The lowest BCUT2D eigenvalue weighted by atomic mass is 9.87. The van der Waals surface area contributed by atoms with Crippen molar-refractivity contribution in [2.24, 2.45) is 0 Å². The van der Waals surface area contributed by atoms with Crippen molar-refractivity contribution in [3.63, 3.8) is 0 Å². The third kappa shape index (κ3) is 3.60. The summed E-state index contributed by atoms with van der Waals surface area (Å²) in [5.41, 5.74) is 9.40. The highest BCUT2D eigenvalue weighted by Gasteiger charge is 2.20. The minimum Gasteiger partial charge on any atom is -0.456 e. The second-order valence-corrected chi connectivity index (χ2v) is 10.3. The number of hydrogen-bond donors (Lipinski definition) is 0. The molecule has 0 spiro atoms. The van der Waals surface area contributed by atoms with Crippen LogP contribution in [0.15, 0.2) is 130 Å². The fourth-order valence-corrected chi connectivity index (χ4v) is 5.99. The van der Waals surface area contributed by atoms with Gasteiger partial charge in [-0.3, -0.25) is 0 Å². The Morgan fingerprint density at radius 1 is 0.429 bits per heavy atom. The molecule has 0 aliphatic heterocycles. The van der Waals surface area contributed by atoms with Crippen LogP contribution in [0.1, 0.15) is 11.1 Å². The Morgan fingerprint density at radius 3 is 1.93 bits per heavy atom. The standard InChI is InChI=1S/C38H20N2O2/c39-21-23-7-5-8-24(17-23)26-19-31(25-15-16-37-33(18-25)28-10-2-3-13-35(28)41-37)34(22-40)32(20-26)30-12-6-11-29-27-9-1-4-14-36(27)42-38(29)30/h1-20H. The largest absolute Gasteiger partial charge is 0.456 e. The number of rotatable bonds is 3. The number of para-hydroxylation sites is 3. The molecule has 0 saturated carbocycles. The highest BCUT2D eigenvalue weighted by molar-refractivity contribution is 6.11. The van der Waals surface area contributed by atoms with Crippen molar-refractivity contribution in [2.75, 3.05) is 0 Å². The average Bonchev–Trinajstić information content (AvgIpc) is 3.62. The maximum Gasteiger partial charge on any atom is 0.143 e. The number of nitrogens with zero attached hydrogens (tertiary/aromatic N) is 2. The normalized spacial score (nSPS) is 11.3. The van der Waals surface area contributed by atoms with Gasteiger partial charge in [-0.15, -0.1) is 0 Å². The summed E-state index contributed by atoms with van der Waals surface area (Å²) in [4.78, 5) is 0. The number of nitriles is 2. The first-order valence-corrected chi connectivity index (χ1v) is 13.6. The van der Waals surface area contributed by atoms with E-state index in [1.54, 1.807) is 6.07 Å². The first-order chi connectivity index (χ1) is 20.7. The lowest BCUT2D eigenvalue weighted by Crippen LogP contribution is -1.93. The van der Waals surface area contributed by atoms with Gasteiger partial charge in [-0.05, 0) is 65.2 Å². The lowest BCUT2D eigenvalue weighted by Gasteiger charge is -2.15. The van der Waals surface area contributed by atoms with Gasteiger partial charge in [-0.1, -0.05) is 72.8 Å². The smallest absolute Gasteiger partial charge is 0.143 e. The van der Waals surface area contributed by atoms with Crippen molar-refractivity contribution in [3.05, 3.63) is 132 Å². The van der Waals surface area contributed by atoms with Crippen molar-refractivity contribution in [2.45, 2.75) is 0 Å². The van der Waals surface area contributed by atoms with Gasteiger partial charge in [-0.25, -0.2) is 0 Å². The van der Waals surface area contributed by atoms with E-state index in [1.165, 1.54) is 0 Å². The molecule has 0 N–H and O–H groups in total. The van der Waals surface area contributed by atoms with Crippen LogP contribution in [0.3, 0.4) is 0 Å². The summed E-state index contributed by atoms with van der Waals surface area (Å²) in [6.07, 6.45) is 0. The van der Waals surface area contributed by atoms with Crippen molar-refractivity contribution < 1.29 is 8.83 Å². The van der Waals surface area contributed by atoms with Crippen LogP contribution >= 0.6 is 0 Å². The van der Waals surface area contributed by atoms with Gasteiger partial charge in [0.2, 0.25) is 0 Å². The van der Waals surface area contributed by atoms with Crippen LogP contribution in [0.2, 0.25) is 0 Å². The number of hydrogen-bond acceptors (Lipinski definition) is 4. The van der Waals surface area contributed by atoms with E-state index in [9.17, 15) is 10.5 Å². The maximum atomic E-state index is 10.7. The van der Waals surface area contributed by atoms with E-state index in [1.807, 2.05) is 97.1 Å². The molecular weight excluding hydrogens is 516 g/mol. The van der Waals surface area contributed by atoms with Crippen LogP contribution in [0.5, 0.6) is 0 Å². The maximum absolute atomic E-state index is 10.7. The van der Waals surface area contributed by atoms with Crippen LogP contribution in [0.4, 0.5) is 0 Å². The Bertz CT molecular complexity index is 2450. The van der Waals surface area contributed by atoms with Gasteiger partial charge in [0.15, 0.2) is 0 Å². The molecule has 0 amide bonds. The SMILES string of the molecule is N#Cc1cccc(-c2cc(-c3ccc4oc5ccccc5c4c3)c(C#N)c(-c3cccc4c3oc3ccccc34)c2)c1. The highest BCUT2D eigenvalue weighted by atomic mass is 16.3. The fourth-order valence-electron chi connectivity index (χ4n) is 5.99. The van der Waals surface area contributed by atoms with E-state index in [2.05, 4.69) is 30.3 Å². The first kappa shape index (κ1) is 23.8. The highest BCUT2D eigenvalue weighted by Crippen LogP contribution is 2.42. The van der Waals surface area contributed by atoms with E-state index >= 15 is 0 Å². The summed E-state index contributed by atoms with van der Waals surface area (Å²) in [6, 6.07) is 44.5. The van der Waals surface area contributed by atoms with E-state index in [4.69, 9.17) is 8.83 Å². The molecule has 8 rings (SSSR count). The van der Waals surface area contributed by atoms with Crippen molar-refractivity contribution >= 4 is 43.9 Å². The molecule has 4 nitrogen and oxygen atoms in total. The van der Waals surface area contributed by atoms with Crippen LogP contribution in [-0.4, -0.2) is 0 Å². The third-order valence-corrected chi connectivity index (χ3v) is 7.96. The molecule has 2 heterocycles. The van der Waals surface area contributed by atoms with Gasteiger partial charge in [0, 0.05) is 38.2 Å². The zero-order chi connectivity index (χ0) is 28.2. The molecular formula is C38H20N2O2. The zero-order valence-electron chi connectivity index (χ0n) is 22.3. The van der Waals surface area contributed by atoms with E-state index in [0.29, 0.717) is 11.1 Å². The Kier molecular flexibility index (Phi) is 5.22. The molecule has 2 aromatic heterocycles. The number of furan rings is 2. The molecule has 0 aliphatic carbocycles. The summed E-state index contributed by atoms with van der Waals surface area (Å²) in [5, 5.41) is 24.3. The Hall–Kier alpha value is -6.10. The van der Waals surface area contributed by atoms with Gasteiger partial charge in [0.25, 0.3) is 0 Å². The molecule has 0 aliphatic rings. The molecule has 0 saturated heterocycles. The minimum atomic E-state index is 0.551. The molecule has 0 atom stereocenters. The molecule has 0 radical (unpaired) electrons. The zero-order valence-corrected chi connectivity index (χ0v) is 22.3. The molecule has 0 unspecified atom stereocenters.